The summed E-state index contributed by atoms with van der Waals surface area (Å²) < 4.78 is 11.6. The van der Waals surface area contributed by atoms with Gasteiger partial charge in [0.2, 0.25) is 0 Å². The van der Waals surface area contributed by atoms with E-state index in [9.17, 15) is 19.7 Å². The van der Waals surface area contributed by atoms with Gasteiger partial charge in [0.15, 0.2) is 11.5 Å². The Balaban J connectivity index is 1.92. The van der Waals surface area contributed by atoms with Crippen molar-refractivity contribution in [2.75, 3.05) is 7.11 Å². The van der Waals surface area contributed by atoms with Crippen LogP contribution in [0.4, 0.5) is 10.5 Å². The lowest BCUT2D eigenvalue weighted by molar-refractivity contribution is -0.384. The molecule has 0 saturated carbocycles. The Morgan fingerprint density at radius 1 is 1.26 bits per heavy atom. The summed E-state index contributed by atoms with van der Waals surface area (Å²) in [6.07, 6.45) is 4.54. The van der Waals surface area contributed by atoms with Crippen molar-refractivity contribution in [2.24, 2.45) is 0 Å². The van der Waals surface area contributed by atoms with E-state index in [0.717, 1.165) is 17.3 Å². The summed E-state index contributed by atoms with van der Waals surface area (Å²) in [5.74, 6) is 0.621. The third kappa shape index (κ3) is 5.48. The van der Waals surface area contributed by atoms with Crippen LogP contribution >= 0.6 is 11.8 Å². The Labute approximate surface area is 202 Å². The molecule has 2 aromatic rings. The van der Waals surface area contributed by atoms with E-state index in [1.54, 1.807) is 30.4 Å². The number of nitrogens with zero attached hydrogens (tertiary/aromatic N) is 2. The molecule has 2 amide bonds. The maximum atomic E-state index is 12.8. The first-order valence-corrected chi connectivity index (χ1v) is 11.6. The van der Waals surface area contributed by atoms with Gasteiger partial charge in [-0.3, -0.25) is 24.6 Å². The minimum absolute atomic E-state index is 0.0129. The molecule has 1 aliphatic rings. The lowest BCUT2D eigenvalue weighted by Crippen LogP contribution is -2.36. The van der Waals surface area contributed by atoms with Gasteiger partial charge in [-0.05, 0) is 60.9 Å². The van der Waals surface area contributed by atoms with Gasteiger partial charge >= 0.3 is 0 Å². The minimum Gasteiger partial charge on any atom is -0.493 e. The van der Waals surface area contributed by atoms with Crippen LogP contribution in [0.2, 0.25) is 0 Å². The third-order valence-corrected chi connectivity index (χ3v) is 6.28. The second kappa shape index (κ2) is 11.0. The summed E-state index contributed by atoms with van der Waals surface area (Å²) in [5, 5.41) is 10.8. The number of nitro benzene ring substituents is 1. The number of methoxy groups -OCH3 is 1. The SMILES string of the molecule is C=CCc1cc(/C=C2/SC(=O)N([C@H](C)CC)C2=O)cc(OC)c1OCc1cccc([N+](=O)[O-])c1. The molecule has 0 bridgehead atoms. The minimum atomic E-state index is -0.453. The number of thioether (sulfide) groups is 1. The van der Waals surface area contributed by atoms with E-state index < -0.39 is 4.92 Å². The Morgan fingerprint density at radius 2 is 2.03 bits per heavy atom. The predicted octanol–water partition coefficient (Wildman–Crippen LogP) is 5.75. The zero-order valence-electron chi connectivity index (χ0n) is 19.3. The second-order valence-electron chi connectivity index (χ2n) is 7.73. The summed E-state index contributed by atoms with van der Waals surface area (Å²) in [7, 11) is 1.51. The summed E-state index contributed by atoms with van der Waals surface area (Å²) in [4.78, 5) is 37.4. The van der Waals surface area contributed by atoms with Crippen molar-refractivity contribution in [1.82, 2.24) is 4.90 Å². The van der Waals surface area contributed by atoms with Gasteiger partial charge in [0, 0.05) is 23.7 Å². The molecule has 0 N–H and O–H groups in total. The number of carbonyl (C=O) groups excluding carboxylic acids is 2. The van der Waals surface area contributed by atoms with E-state index in [1.165, 1.54) is 24.1 Å². The van der Waals surface area contributed by atoms with Crippen LogP contribution in [-0.2, 0) is 17.8 Å². The first kappa shape index (κ1) is 25.0. The topological polar surface area (TPSA) is 99.0 Å². The molecule has 34 heavy (non-hydrogen) atoms. The van der Waals surface area contributed by atoms with Crippen molar-refractivity contribution >= 4 is 34.7 Å². The van der Waals surface area contributed by atoms with Crippen molar-refractivity contribution in [3.8, 4) is 11.5 Å². The largest absolute Gasteiger partial charge is 0.493 e. The Bertz CT molecular complexity index is 1160. The summed E-state index contributed by atoms with van der Waals surface area (Å²) >= 11 is 0.920. The van der Waals surface area contributed by atoms with Crippen molar-refractivity contribution in [3.63, 3.8) is 0 Å². The van der Waals surface area contributed by atoms with Gasteiger partial charge in [0.1, 0.15) is 6.61 Å². The van der Waals surface area contributed by atoms with Crippen LogP contribution in [0, 0.1) is 10.1 Å². The summed E-state index contributed by atoms with van der Waals surface area (Å²) in [5.41, 5.74) is 2.09. The number of nitro groups is 1. The molecule has 1 atom stereocenters. The molecule has 0 aliphatic carbocycles. The van der Waals surface area contributed by atoms with E-state index in [4.69, 9.17) is 9.47 Å². The van der Waals surface area contributed by atoms with Gasteiger partial charge in [-0.25, -0.2) is 0 Å². The molecule has 1 fully saturated rings. The number of amides is 2. The molecule has 178 valence electrons. The average Bonchev–Trinajstić information content (AvgIpc) is 3.10. The number of non-ortho nitro benzene ring substituents is 1. The fourth-order valence-corrected chi connectivity index (χ4v) is 4.43. The standard InChI is InChI=1S/C25H26N2O6S/c1-5-8-19-11-18(14-22-24(28)26(16(3)6-2)25(29)34-22)13-21(32-4)23(19)33-15-17-9-7-10-20(12-17)27(30)31/h5,7,9-14,16H,1,6,8,15H2,2-4H3/b22-14+/t16-/m1/s1. The second-order valence-corrected chi connectivity index (χ2v) is 8.72. The van der Waals surface area contributed by atoms with Gasteiger partial charge in [-0.1, -0.05) is 25.1 Å². The van der Waals surface area contributed by atoms with E-state index in [2.05, 4.69) is 6.58 Å². The van der Waals surface area contributed by atoms with Crippen LogP contribution in [0.5, 0.6) is 11.5 Å². The molecular weight excluding hydrogens is 456 g/mol. The van der Waals surface area contributed by atoms with E-state index >= 15 is 0 Å². The molecule has 8 nitrogen and oxygen atoms in total. The monoisotopic (exact) mass is 482 g/mol. The number of hydrogen-bond acceptors (Lipinski definition) is 7. The maximum Gasteiger partial charge on any atom is 0.293 e. The highest BCUT2D eigenvalue weighted by Crippen LogP contribution is 2.38. The van der Waals surface area contributed by atoms with Gasteiger partial charge < -0.3 is 9.47 Å². The number of benzene rings is 2. The van der Waals surface area contributed by atoms with E-state index in [0.29, 0.717) is 40.4 Å². The Morgan fingerprint density at radius 3 is 2.68 bits per heavy atom. The number of imide groups is 1. The molecule has 1 saturated heterocycles. The molecule has 1 heterocycles. The van der Waals surface area contributed by atoms with Crippen LogP contribution in [0.15, 0.2) is 54.0 Å². The zero-order chi connectivity index (χ0) is 24.8. The Hall–Kier alpha value is -3.59. The van der Waals surface area contributed by atoms with Crippen LogP contribution < -0.4 is 9.47 Å². The molecular formula is C25H26N2O6S. The van der Waals surface area contributed by atoms with Gasteiger partial charge in [0.25, 0.3) is 16.8 Å². The number of hydrogen-bond donors (Lipinski definition) is 0. The van der Waals surface area contributed by atoms with E-state index in [1.807, 2.05) is 19.9 Å². The lowest BCUT2D eigenvalue weighted by atomic mass is 10.0. The number of rotatable bonds is 10. The van der Waals surface area contributed by atoms with Crippen molar-refractivity contribution in [1.29, 1.82) is 0 Å². The molecule has 0 radical (unpaired) electrons. The highest BCUT2D eigenvalue weighted by molar-refractivity contribution is 8.18. The lowest BCUT2D eigenvalue weighted by Gasteiger charge is -2.19. The highest BCUT2D eigenvalue weighted by Gasteiger charge is 2.37. The van der Waals surface area contributed by atoms with Crippen LogP contribution in [0.1, 0.15) is 37.0 Å². The molecule has 1 aliphatic heterocycles. The first-order valence-electron chi connectivity index (χ1n) is 10.7. The van der Waals surface area contributed by atoms with Crippen LogP contribution in [-0.4, -0.2) is 34.1 Å². The number of carbonyl (C=O) groups is 2. The highest BCUT2D eigenvalue weighted by atomic mass is 32.2. The number of ether oxygens (including phenoxy) is 2. The average molecular weight is 483 g/mol. The smallest absolute Gasteiger partial charge is 0.293 e. The predicted molar refractivity (Wildman–Crippen MR) is 132 cm³/mol. The molecule has 9 heteroatoms. The quantitative estimate of drug-likeness (QED) is 0.184. The molecule has 3 rings (SSSR count). The van der Waals surface area contributed by atoms with Gasteiger partial charge in [-0.15, -0.1) is 6.58 Å². The molecule has 0 unspecified atom stereocenters. The first-order chi connectivity index (χ1) is 16.3. The van der Waals surface area contributed by atoms with E-state index in [-0.39, 0.29) is 29.5 Å². The molecule has 0 spiro atoms. The zero-order valence-corrected chi connectivity index (χ0v) is 20.1. The van der Waals surface area contributed by atoms with Crippen molar-refractivity contribution < 1.29 is 24.0 Å². The van der Waals surface area contributed by atoms with Crippen LogP contribution in [0.25, 0.3) is 6.08 Å². The van der Waals surface area contributed by atoms with Gasteiger partial charge in [-0.2, -0.15) is 0 Å². The number of allylic oxidation sites excluding steroid dienone is 1. The normalized spacial score (nSPS) is 15.5. The van der Waals surface area contributed by atoms with Gasteiger partial charge in [0.05, 0.1) is 16.9 Å². The maximum absolute atomic E-state index is 12.8. The Kier molecular flexibility index (Phi) is 8.12. The fraction of sp³-hybridized carbons (Fsp3) is 0.280. The summed E-state index contributed by atoms with van der Waals surface area (Å²) in [6, 6.07) is 9.64. The van der Waals surface area contributed by atoms with Crippen LogP contribution in [0.3, 0.4) is 0 Å². The van der Waals surface area contributed by atoms with Crippen molar-refractivity contribution in [2.45, 2.75) is 39.3 Å². The van der Waals surface area contributed by atoms with Crippen molar-refractivity contribution in [3.05, 3.63) is 80.8 Å². The summed E-state index contributed by atoms with van der Waals surface area (Å²) in [6.45, 7) is 7.68. The third-order valence-electron chi connectivity index (χ3n) is 5.40. The fourth-order valence-electron chi connectivity index (χ4n) is 3.50. The molecule has 2 aromatic carbocycles. The molecule has 0 aromatic heterocycles.